The molecule has 7 nitrogen and oxygen atoms in total. The molecule has 0 spiro atoms. The highest BCUT2D eigenvalue weighted by Gasteiger charge is 2.48. The van der Waals surface area contributed by atoms with Gasteiger partial charge in [0.25, 0.3) is 11.8 Å². The SMILES string of the molecule is Cc1ccccc1CN(C)CC(=O)NN1C(=O)N[C@@](C)(CCc2ccccc2)C1=O. The number of imide groups is 1. The van der Waals surface area contributed by atoms with Gasteiger partial charge in [-0.2, -0.15) is 5.01 Å². The maximum atomic E-state index is 12.8. The normalized spacial score (nSPS) is 18.6. The van der Waals surface area contributed by atoms with Gasteiger partial charge in [-0.3, -0.25) is 19.9 Å². The topological polar surface area (TPSA) is 81.8 Å². The summed E-state index contributed by atoms with van der Waals surface area (Å²) in [7, 11) is 1.82. The second kappa shape index (κ2) is 9.09. The van der Waals surface area contributed by atoms with Crippen LogP contribution in [0.2, 0.25) is 0 Å². The molecule has 1 fully saturated rings. The van der Waals surface area contributed by atoms with E-state index in [0.717, 1.165) is 21.7 Å². The summed E-state index contributed by atoms with van der Waals surface area (Å²) in [6, 6.07) is 17.1. The number of hydrogen-bond donors (Lipinski definition) is 2. The van der Waals surface area contributed by atoms with Gasteiger partial charge in [-0.25, -0.2) is 4.79 Å². The summed E-state index contributed by atoms with van der Waals surface area (Å²) in [6.45, 7) is 4.36. The van der Waals surface area contributed by atoms with E-state index in [0.29, 0.717) is 19.4 Å². The first-order valence-electron chi connectivity index (χ1n) is 10.0. The van der Waals surface area contributed by atoms with Gasteiger partial charge in [0.1, 0.15) is 5.54 Å². The van der Waals surface area contributed by atoms with Gasteiger partial charge in [-0.15, -0.1) is 0 Å². The maximum Gasteiger partial charge on any atom is 0.344 e. The number of nitrogens with one attached hydrogen (secondary N) is 2. The molecule has 0 saturated carbocycles. The number of hydrazine groups is 1. The van der Waals surface area contributed by atoms with E-state index in [2.05, 4.69) is 10.7 Å². The molecule has 0 aromatic heterocycles. The Labute approximate surface area is 177 Å². The highest BCUT2D eigenvalue weighted by atomic mass is 16.2. The molecule has 0 unspecified atom stereocenters. The molecule has 1 saturated heterocycles. The third-order valence-electron chi connectivity index (χ3n) is 5.37. The summed E-state index contributed by atoms with van der Waals surface area (Å²) >= 11 is 0. The van der Waals surface area contributed by atoms with Crippen LogP contribution in [0, 0.1) is 6.92 Å². The summed E-state index contributed by atoms with van der Waals surface area (Å²) in [6.07, 6.45) is 1.09. The lowest BCUT2D eigenvalue weighted by molar-refractivity contribution is -0.139. The molecule has 1 aliphatic heterocycles. The van der Waals surface area contributed by atoms with Crippen LogP contribution < -0.4 is 10.7 Å². The number of likely N-dealkylation sites (N-methyl/N-ethyl adjacent to an activating group) is 1. The van der Waals surface area contributed by atoms with Crippen LogP contribution >= 0.6 is 0 Å². The Balaban J connectivity index is 1.55. The van der Waals surface area contributed by atoms with E-state index >= 15 is 0 Å². The molecule has 3 rings (SSSR count). The molecule has 2 aromatic carbocycles. The van der Waals surface area contributed by atoms with Gasteiger partial charge in [0.2, 0.25) is 0 Å². The van der Waals surface area contributed by atoms with E-state index in [-0.39, 0.29) is 6.54 Å². The van der Waals surface area contributed by atoms with E-state index < -0.39 is 23.4 Å². The minimum Gasteiger partial charge on any atom is -0.322 e. The van der Waals surface area contributed by atoms with Crippen molar-refractivity contribution in [1.29, 1.82) is 0 Å². The van der Waals surface area contributed by atoms with Gasteiger partial charge < -0.3 is 5.32 Å². The average Bonchev–Trinajstić information content (AvgIpc) is 2.92. The van der Waals surface area contributed by atoms with Crippen LogP contribution in [-0.2, 0) is 22.6 Å². The van der Waals surface area contributed by atoms with Gasteiger partial charge in [-0.1, -0.05) is 54.6 Å². The quantitative estimate of drug-likeness (QED) is 0.657. The summed E-state index contributed by atoms with van der Waals surface area (Å²) < 4.78 is 0. The lowest BCUT2D eigenvalue weighted by atomic mass is 9.93. The average molecular weight is 409 g/mol. The second-order valence-electron chi connectivity index (χ2n) is 8.02. The van der Waals surface area contributed by atoms with E-state index in [1.807, 2.05) is 73.5 Å². The molecule has 2 N–H and O–H groups in total. The molecule has 4 amide bonds. The lowest BCUT2D eigenvalue weighted by Crippen LogP contribution is -2.51. The van der Waals surface area contributed by atoms with Crippen LogP contribution in [0.25, 0.3) is 0 Å². The molecule has 158 valence electrons. The number of benzene rings is 2. The van der Waals surface area contributed by atoms with E-state index in [1.165, 1.54) is 0 Å². The Hall–Kier alpha value is -3.19. The first-order valence-corrected chi connectivity index (χ1v) is 10.0. The lowest BCUT2D eigenvalue weighted by Gasteiger charge is -2.22. The highest BCUT2D eigenvalue weighted by Crippen LogP contribution is 2.22. The molecule has 7 heteroatoms. The van der Waals surface area contributed by atoms with Crippen LogP contribution in [0.5, 0.6) is 0 Å². The number of aryl methyl sites for hydroxylation is 2. The first kappa shape index (κ1) is 21.5. The van der Waals surface area contributed by atoms with Crippen LogP contribution in [0.1, 0.15) is 30.0 Å². The van der Waals surface area contributed by atoms with Crippen molar-refractivity contribution in [3.8, 4) is 0 Å². The number of carbonyl (C=O) groups excluding carboxylic acids is 3. The number of rotatable bonds is 8. The molecule has 1 atom stereocenters. The zero-order chi connectivity index (χ0) is 21.7. The van der Waals surface area contributed by atoms with Gasteiger partial charge in [0.15, 0.2) is 0 Å². The van der Waals surface area contributed by atoms with E-state index in [9.17, 15) is 14.4 Å². The van der Waals surface area contributed by atoms with Crippen molar-refractivity contribution in [3.63, 3.8) is 0 Å². The molecule has 1 aliphatic rings. The first-order chi connectivity index (χ1) is 14.3. The van der Waals surface area contributed by atoms with Gasteiger partial charge in [-0.05, 0) is 50.4 Å². The van der Waals surface area contributed by atoms with Gasteiger partial charge in [0, 0.05) is 6.54 Å². The van der Waals surface area contributed by atoms with Gasteiger partial charge in [0.05, 0.1) is 6.54 Å². The monoisotopic (exact) mass is 408 g/mol. The van der Waals surface area contributed by atoms with Crippen molar-refractivity contribution in [1.82, 2.24) is 20.7 Å². The Kier molecular flexibility index (Phi) is 6.52. The Bertz CT molecular complexity index is 931. The summed E-state index contributed by atoms with van der Waals surface area (Å²) in [5.74, 6) is -0.861. The molecule has 0 bridgehead atoms. The minimum atomic E-state index is -1.05. The molecule has 1 heterocycles. The summed E-state index contributed by atoms with van der Waals surface area (Å²) in [4.78, 5) is 39.4. The zero-order valence-electron chi connectivity index (χ0n) is 17.6. The van der Waals surface area contributed by atoms with E-state index in [4.69, 9.17) is 0 Å². The Morgan fingerprint density at radius 1 is 1.10 bits per heavy atom. The fraction of sp³-hybridized carbons (Fsp3) is 0.348. The minimum absolute atomic E-state index is 0.0616. The molecule has 30 heavy (non-hydrogen) atoms. The maximum absolute atomic E-state index is 12.8. The fourth-order valence-electron chi connectivity index (χ4n) is 3.53. The molecule has 0 radical (unpaired) electrons. The van der Waals surface area contributed by atoms with Crippen molar-refractivity contribution < 1.29 is 14.4 Å². The number of urea groups is 1. The number of amides is 4. The molecular formula is C23H28N4O3. The molecule has 2 aromatic rings. The highest BCUT2D eigenvalue weighted by molar-refractivity contribution is 6.07. The smallest absolute Gasteiger partial charge is 0.322 e. The third kappa shape index (κ3) is 5.04. The van der Waals surface area contributed by atoms with Gasteiger partial charge >= 0.3 is 6.03 Å². The van der Waals surface area contributed by atoms with Crippen LogP contribution in [-0.4, -0.2) is 46.9 Å². The summed E-state index contributed by atoms with van der Waals surface area (Å²) in [5.41, 5.74) is 4.76. The third-order valence-corrected chi connectivity index (χ3v) is 5.37. The van der Waals surface area contributed by atoms with Crippen molar-refractivity contribution in [2.45, 2.75) is 38.8 Å². The largest absolute Gasteiger partial charge is 0.344 e. The predicted octanol–water partition coefficient (Wildman–Crippen LogP) is 2.40. The van der Waals surface area contributed by atoms with Crippen LogP contribution in [0.4, 0.5) is 4.79 Å². The standard InChI is InChI=1S/C23H28N4O3/c1-17-9-7-8-12-19(17)15-26(3)16-20(28)25-27-21(29)23(2,24-22(27)30)14-13-18-10-5-4-6-11-18/h4-12H,13-16H2,1-3H3,(H,24,30)(H,25,28)/t23-/m0/s1. The van der Waals surface area contributed by atoms with Crippen molar-refractivity contribution in [2.75, 3.05) is 13.6 Å². The predicted molar refractivity (Wildman–Crippen MR) is 114 cm³/mol. The number of hydrogen-bond acceptors (Lipinski definition) is 4. The number of carbonyl (C=O) groups is 3. The molecule has 0 aliphatic carbocycles. The second-order valence-corrected chi connectivity index (χ2v) is 8.02. The number of nitrogens with zero attached hydrogens (tertiary/aromatic N) is 2. The van der Waals surface area contributed by atoms with Crippen molar-refractivity contribution in [2.24, 2.45) is 0 Å². The Morgan fingerprint density at radius 3 is 2.47 bits per heavy atom. The Morgan fingerprint density at radius 2 is 1.77 bits per heavy atom. The van der Waals surface area contributed by atoms with Crippen LogP contribution in [0.3, 0.4) is 0 Å². The fourth-order valence-corrected chi connectivity index (χ4v) is 3.53. The van der Waals surface area contributed by atoms with E-state index in [1.54, 1.807) is 6.92 Å². The van der Waals surface area contributed by atoms with Crippen LogP contribution in [0.15, 0.2) is 54.6 Å². The van der Waals surface area contributed by atoms with Crippen molar-refractivity contribution in [3.05, 3.63) is 71.3 Å². The van der Waals surface area contributed by atoms with Crippen molar-refractivity contribution >= 4 is 17.8 Å². The molecular weight excluding hydrogens is 380 g/mol. The zero-order valence-corrected chi connectivity index (χ0v) is 17.6. The summed E-state index contributed by atoms with van der Waals surface area (Å²) in [5, 5.41) is 3.52.